The highest BCUT2D eigenvalue weighted by atomic mass is 32.2. The van der Waals surface area contributed by atoms with Crippen LogP contribution >= 0.6 is 11.3 Å². The molecule has 0 aliphatic rings. The zero-order chi connectivity index (χ0) is 15.6. The van der Waals surface area contributed by atoms with Crippen LogP contribution in [-0.2, 0) is 10.0 Å². The molecule has 0 bridgehead atoms. The Bertz CT molecular complexity index is 868. The summed E-state index contributed by atoms with van der Waals surface area (Å²) >= 11 is 1.40. The number of hydrogen-bond acceptors (Lipinski definition) is 4. The van der Waals surface area contributed by atoms with Crippen LogP contribution in [0.3, 0.4) is 0 Å². The van der Waals surface area contributed by atoms with Gasteiger partial charge >= 0.3 is 0 Å². The maximum atomic E-state index is 12.5. The molecule has 2 N–H and O–H groups in total. The standard InChI is InChI=1S/C16H15NO3S2/c18-14(15-8-4-10-21-15)11-17-22(19,20)16-9-3-6-12-5-1-2-7-13(12)16/h1-10,14,17-18H,11H2. The van der Waals surface area contributed by atoms with Gasteiger partial charge in [-0.15, -0.1) is 11.3 Å². The van der Waals surface area contributed by atoms with Crippen molar-refractivity contribution < 1.29 is 13.5 Å². The summed E-state index contributed by atoms with van der Waals surface area (Å²) in [6.45, 7) is -0.0495. The molecule has 1 aromatic heterocycles. The van der Waals surface area contributed by atoms with Crippen LogP contribution in [-0.4, -0.2) is 20.1 Å². The molecule has 1 atom stereocenters. The van der Waals surface area contributed by atoms with Crippen molar-refractivity contribution in [1.29, 1.82) is 0 Å². The monoisotopic (exact) mass is 333 g/mol. The Morgan fingerprint density at radius 2 is 1.82 bits per heavy atom. The van der Waals surface area contributed by atoms with E-state index in [1.807, 2.05) is 35.7 Å². The quantitative estimate of drug-likeness (QED) is 0.754. The van der Waals surface area contributed by atoms with E-state index < -0.39 is 16.1 Å². The second-order valence-corrected chi connectivity index (χ2v) is 7.58. The molecule has 0 fully saturated rings. The summed E-state index contributed by atoms with van der Waals surface area (Å²) in [5.74, 6) is 0. The molecule has 0 saturated heterocycles. The van der Waals surface area contributed by atoms with Gasteiger partial charge in [0.2, 0.25) is 10.0 Å². The van der Waals surface area contributed by atoms with Gasteiger partial charge in [0.15, 0.2) is 0 Å². The second kappa shape index (κ2) is 6.18. The molecule has 0 radical (unpaired) electrons. The fraction of sp³-hybridized carbons (Fsp3) is 0.125. The van der Waals surface area contributed by atoms with E-state index in [1.54, 1.807) is 24.3 Å². The number of benzene rings is 2. The van der Waals surface area contributed by atoms with Gasteiger partial charge in [0.05, 0.1) is 4.90 Å². The molecule has 2 aromatic carbocycles. The molecular weight excluding hydrogens is 318 g/mol. The molecule has 1 unspecified atom stereocenters. The number of aliphatic hydroxyl groups excluding tert-OH is 1. The lowest BCUT2D eigenvalue weighted by Crippen LogP contribution is -2.28. The molecule has 3 aromatic rings. The number of thiophene rings is 1. The minimum Gasteiger partial charge on any atom is -0.386 e. The average molecular weight is 333 g/mol. The topological polar surface area (TPSA) is 66.4 Å². The number of nitrogens with one attached hydrogen (secondary N) is 1. The van der Waals surface area contributed by atoms with Crippen LogP contribution in [0.1, 0.15) is 11.0 Å². The van der Waals surface area contributed by atoms with Gasteiger partial charge in [-0.2, -0.15) is 0 Å². The van der Waals surface area contributed by atoms with Gasteiger partial charge in [-0.05, 0) is 22.9 Å². The van der Waals surface area contributed by atoms with Crippen LogP contribution in [0.2, 0.25) is 0 Å². The molecule has 0 aliphatic carbocycles. The van der Waals surface area contributed by atoms with Crippen LogP contribution in [0.25, 0.3) is 10.8 Å². The van der Waals surface area contributed by atoms with E-state index in [9.17, 15) is 13.5 Å². The zero-order valence-corrected chi connectivity index (χ0v) is 13.3. The van der Waals surface area contributed by atoms with Crippen molar-refractivity contribution in [2.75, 3.05) is 6.54 Å². The Hall–Kier alpha value is -1.73. The van der Waals surface area contributed by atoms with Gasteiger partial charge in [0.1, 0.15) is 6.10 Å². The lowest BCUT2D eigenvalue weighted by molar-refractivity contribution is 0.186. The van der Waals surface area contributed by atoms with Crippen LogP contribution in [0, 0.1) is 0 Å². The van der Waals surface area contributed by atoms with Gasteiger partial charge in [0, 0.05) is 16.8 Å². The molecule has 1 heterocycles. The maximum Gasteiger partial charge on any atom is 0.241 e. The molecule has 22 heavy (non-hydrogen) atoms. The summed E-state index contributed by atoms with van der Waals surface area (Å²) in [5, 5.41) is 13.4. The predicted octanol–water partition coefficient (Wildman–Crippen LogP) is 2.91. The molecule has 4 nitrogen and oxygen atoms in total. The van der Waals surface area contributed by atoms with Crippen molar-refractivity contribution in [3.63, 3.8) is 0 Å². The highest BCUT2D eigenvalue weighted by molar-refractivity contribution is 7.89. The van der Waals surface area contributed by atoms with Crippen molar-refractivity contribution in [2.24, 2.45) is 0 Å². The Morgan fingerprint density at radius 1 is 1.05 bits per heavy atom. The van der Waals surface area contributed by atoms with Crippen molar-refractivity contribution in [3.05, 3.63) is 64.9 Å². The van der Waals surface area contributed by atoms with Crippen molar-refractivity contribution in [1.82, 2.24) is 4.72 Å². The van der Waals surface area contributed by atoms with Crippen molar-refractivity contribution in [3.8, 4) is 0 Å². The minimum atomic E-state index is -3.68. The van der Waals surface area contributed by atoms with Crippen LogP contribution < -0.4 is 4.72 Å². The summed E-state index contributed by atoms with van der Waals surface area (Å²) < 4.78 is 27.5. The largest absolute Gasteiger partial charge is 0.386 e. The number of hydrogen-bond donors (Lipinski definition) is 2. The highest BCUT2D eigenvalue weighted by Gasteiger charge is 2.19. The normalized spacial score (nSPS) is 13.3. The van der Waals surface area contributed by atoms with Crippen molar-refractivity contribution in [2.45, 2.75) is 11.0 Å². The third kappa shape index (κ3) is 3.05. The summed E-state index contributed by atoms with van der Waals surface area (Å²) in [4.78, 5) is 0.963. The van der Waals surface area contributed by atoms with Gasteiger partial charge in [-0.1, -0.05) is 42.5 Å². The second-order valence-electron chi connectivity index (χ2n) is 4.86. The van der Waals surface area contributed by atoms with E-state index in [4.69, 9.17) is 0 Å². The van der Waals surface area contributed by atoms with Gasteiger partial charge in [-0.3, -0.25) is 0 Å². The van der Waals surface area contributed by atoms with Gasteiger partial charge < -0.3 is 5.11 Å². The number of rotatable bonds is 5. The minimum absolute atomic E-state index is 0.0495. The summed E-state index contributed by atoms with van der Waals surface area (Å²) in [5.41, 5.74) is 0. The van der Waals surface area contributed by atoms with Crippen LogP contribution in [0.4, 0.5) is 0 Å². The van der Waals surface area contributed by atoms with E-state index in [-0.39, 0.29) is 11.4 Å². The Balaban J connectivity index is 1.86. The third-order valence-corrected chi connectivity index (χ3v) is 5.83. The van der Waals surface area contributed by atoms with E-state index in [1.165, 1.54) is 11.3 Å². The van der Waals surface area contributed by atoms with E-state index in [0.29, 0.717) is 5.39 Å². The first-order valence-electron chi connectivity index (χ1n) is 6.77. The first-order chi connectivity index (χ1) is 10.6. The Kier molecular flexibility index (Phi) is 4.26. The van der Waals surface area contributed by atoms with Crippen LogP contribution in [0.15, 0.2) is 64.9 Å². The van der Waals surface area contributed by atoms with Gasteiger partial charge in [-0.25, -0.2) is 13.1 Å². The summed E-state index contributed by atoms with van der Waals surface area (Å²) in [6.07, 6.45) is -0.843. The molecule has 0 spiro atoms. The van der Waals surface area contributed by atoms with Gasteiger partial charge in [0.25, 0.3) is 0 Å². The molecule has 3 rings (SSSR count). The molecular formula is C16H15NO3S2. The SMILES string of the molecule is O=S(=O)(NCC(O)c1cccs1)c1cccc2ccccc12. The lowest BCUT2D eigenvalue weighted by atomic mass is 10.1. The zero-order valence-electron chi connectivity index (χ0n) is 11.6. The van der Waals surface area contributed by atoms with E-state index >= 15 is 0 Å². The Morgan fingerprint density at radius 3 is 2.59 bits per heavy atom. The van der Waals surface area contributed by atoms with E-state index in [2.05, 4.69) is 4.72 Å². The number of sulfonamides is 1. The fourth-order valence-electron chi connectivity index (χ4n) is 2.28. The molecule has 0 saturated carbocycles. The third-order valence-electron chi connectivity index (χ3n) is 3.38. The highest BCUT2D eigenvalue weighted by Crippen LogP contribution is 2.23. The van der Waals surface area contributed by atoms with Crippen LogP contribution in [0.5, 0.6) is 0 Å². The maximum absolute atomic E-state index is 12.5. The molecule has 114 valence electrons. The average Bonchev–Trinajstić information content (AvgIpc) is 3.06. The number of fused-ring (bicyclic) bond motifs is 1. The first kappa shape index (κ1) is 15.2. The van der Waals surface area contributed by atoms with E-state index in [0.717, 1.165) is 10.3 Å². The molecule has 0 amide bonds. The summed E-state index contributed by atoms with van der Waals surface area (Å²) in [7, 11) is -3.68. The molecule has 0 aliphatic heterocycles. The summed E-state index contributed by atoms with van der Waals surface area (Å²) in [6, 6.07) is 16.1. The molecule has 6 heteroatoms. The van der Waals surface area contributed by atoms with Crippen molar-refractivity contribution >= 4 is 32.1 Å². The fourth-order valence-corrected chi connectivity index (χ4v) is 4.26. The Labute approximate surface area is 133 Å². The predicted molar refractivity (Wildman–Crippen MR) is 88.4 cm³/mol. The lowest BCUT2D eigenvalue weighted by Gasteiger charge is -2.12. The number of aliphatic hydroxyl groups is 1. The smallest absolute Gasteiger partial charge is 0.241 e. The first-order valence-corrected chi connectivity index (χ1v) is 9.13.